The lowest BCUT2D eigenvalue weighted by molar-refractivity contribution is -0.133. The quantitative estimate of drug-likeness (QED) is 0.904. The number of hydrogen-bond acceptors (Lipinski definition) is 3. The third-order valence-electron chi connectivity index (χ3n) is 4.19. The van der Waals surface area contributed by atoms with Gasteiger partial charge >= 0.3 is 0 Å². The van der Waals surface area contributed by atoms with E-state index < -0.39 is 0 Å². The molecule has 1 aromatic carbocycles. The molecule has 1 fully saturated rings. The van der Waals surface area contributed by atoms with Gasteiger partial charge in [0.15, 0.2) is 0 Å². The number of nitrogens with zero attached hydrogens (tertiary/aromatic N) is 1. The topological polar surface area (TPSA) is 66.5 Å². The highest BCUT2D eigenvalue weighted by Gasteiger charge is 2.24. The predicted octanol–water partition coefficient (Wildman–Crippen LogP) is 2.09. The van der Waals surface area contributed by atoms with E-state index in [-0.39, 0.29) is 30.1 Å². The van der Waals surface area contributed by atoms with Crippen LogP contribution in [0.4, 0.5) is 0 Å². The summed E-state index contributed by atoms with van der Waals surface area (Å²) in [5.74, 6) is 0.00784. The van der Waals surface area contributed by atoms with Gasteiger partial charge in [0.2, 0.25) is 5.91 Å². The molecule has 0 spiro atoms. The maximum absolute atomic E-state index is 12.2. The first-order valence-electron chi connectivity index (χ1n) is 8.10. The van der Waals surface area contributed by atoms with Gasteiger partial charge in [0.25, 0.3) is 5.91 Å². The molecule has 23 heavy (non-hydrogen) atoms. The van der Waals surface area contributed by atoms with Crippen LogP contribution in [0.1, 0.15) is 48.5 Å². The number of nitrogens with one attached hydrogen (secondary N) is 1. The highest BCUT2D eigenvalue weighted by molar-refractivity contribution is 5.94. The summed E-state index contributed by atoms with van der Waals surface area (Å²) in [6.45, 7) is 4.76. The van der Waals surface area contributed by atoms with Gasteiger partial charge in [-0.2, -0.15) is 0 Å². The van der Waals surface area contributed by atoms with Gasteiger partial charge in [0.05, 0.1) is 0 Å². The average Bonchev–Trinajstić information content (AvgIpc) is 2.54. The number of carbonyl (C=O) groups excluding carboxylic acids is 3. The van der Waals surface area contributed by atoms with Crippen molar-refractivity contribution in [3.8, 4) is 0 Å². The number of hydrogen-bond donors (Lipinski definition) is 1. The number of ketones is 1. The molecule has 0 aliphatic carbocycles. The number of rotatable bonds is 5. The van der Waals surface area contributed by atoms with Gasteiger partial charge in [0, 0.05) is 37.5 Å². The lowest BCUT2D eigenvalue weighted by atomic mass is 10.0. The SMILES string of the molecule is CC(=O)CCC(=O)N1CCC(NC(=O)c2ccc(C)cc2)CC1. The van der Waals surface area contributed by atoms with Crippen molar-refractivity contribution in [3.05, 3.63) is 35.4 Å². The zero-order valence-electron chi connectivity index (χ0n) is 13.8. The minimum atomic E-state index is -0.0636. The normalized spacial score (nSPS) is 15.3. The summed E-state index contributed by atoms with van der Waals surface area (Å²) in [7, 11) is 0. The van der Waals surface area contributed by atoms with Crippen LogP contribution < -0.4 is 5.32 Å². The van der Waals surface area contributed by atoms with Gasteiger partial charge < -0.3 is 15.0 Å². The van der Waals surface area contributed by atoms with Gasteiger partial charge in [-0.05, 0) is 38.8 Å². The second-order valence-corrected chi connectivity index (χ2v) is 6.20. The molecule has 0 radical (unpaired) electrons. The largest absolute Gasteiger partial charge is 0.349 e. The third kappa shape index (κ3) is 5.20. The van der Waals surface area contributed by atoms with Crippen molar-refractivity contribution in [1.82, 2.24) is 10.2 Å². The molecule has 2 amide bonds. The first-order valence-corrected chi connectivity index (χ1v) is 8.10. The summed E-state index contributed by atoms with van der Waals surface area (Å²) in [5, 5.41) is 3.03. The first kappa shape index (κ1) is 17.2. The van der Waals surface area contributed by atoms with E-state index in [0.717, 1.165) is 18.4 Å². The Hall–Kier alpha value is -2.17. The van der Waals surface area contributed by atoms with Gasteiger partial charge in [-0.3, -0.25) is 9.59 Å². The molecule has 1 aromatic rings. The fraction of sp³-hybridized carbons (Fsp3) is 0.500. The van der Waals surface area contributed by atoms with Crippen molar-refractivity contribution < 1.29 is 14.4 Å². The molecule has 2 rings (SSSR count). The molecule has 0 saturated carbocycles. The fourth-order valence-corrected chi connectivity index (χ4v) is 2.69. The average molecular weight is 316 g/mol. The van der Waals surface area contributed by atoms with E-state index in [0.29, 0.717) is 25.1 Å². The van der Waals surface area contributed by atoms with Gasteiger partial charge in [-0.1, -0.05) is 17.7 Å². The Balaban J connectivity index is 1.78. The van der Waals surface area contributed by atoms with Crippen LogP contribution in [0.25, 0.3) is 0 Å². The molecule has 1 N–H and O–H groups in total. The molecule has 5 heteroatoms. The molecule has 0 bridgehead atoms. The molecule has 1 aliphatic rings. The molecule has 1 saturated heterocycles. The van der Waals surface area contributed by atoms with Gasteiger partial charge in [-0.15, -0.1) is 0 Å². The molecular formula is C18H24N2O3. The summed E-state index contributed by atoms with van der Waals surface area (Å²) in [6.07, 6.45) is 2.10. The molecule has 1 aliphatic heterocycles. The van der Waals surface area contributed by atoms with Crippen molar-refractivity contribution in [3.63, 3.8) is 0 Å². The van der Waals surface area contributed by atoms with Crippen molar-refractivity contribution in [2.24, 2.45) is 0 Å². The van der Waals surface area contributed by atoms with Crippen LogP contribution in [-0.2, 0) is 9.59 Å². The monoisotopic (exact) mass is 316 g/mol. The number of piperidine rings is 1. The Kier molecular flexibility index (Phi) is 5.90. The summed E-state index contributed by atoms with van der Waals surface area (Å²) in [6, 6.07) is 7.59. The minimum absolute atomic E-state index is 0.0310. The molecule has 0 aromatic heterocycles. The van der Waals surface area contributed by atoms with Gasteiger partial charge in [-0.25, -0.2) is 0 Å². The molecule has 1 heterocycles. The second kappa shape index (κ2) is 7.90. The zero-order chi connectivity index (χ0) is 16.8. The maximum atomic E-state index is 12.2. The standard InChI is InChI=1S/C18H24N2O3/c1-13-3-6-15(7-4-13)18(23)19-16-9-11-20(12-10-16)17(22)8-5-14(2)21/h3-4,6-7,16H,5,8-12H2,1-2H3,(H,19,23). The van der Waals surface area contributed by atoms with Crippen LogP contribution in [0.2, 0.25) is 0 Å². The number of amides is 2. The highest BCUT2D eigenvalue weighted by atomic mass is 16.2. The Morgan fingerprint density at radius 3 is 2.26 bits per heavy atom. The van der Waals surface area contributed by atoms with E-state index >= 15 is 0 Å². The van der Waals surface area contributed by atoms with Crippen molar-refractivity contribution >= 4 is 17.6 Å². The summed E-state index contributed by atoms with van der Waals surface area (Å²) >= 11 is 0. The zero-order valence-corrected chi connectivity index (χ0v) is 13.8. The van der Waals surface area contributed by atoms with Crippen molar-refractivity contribution in [2.75, 3.05) is 13.1 Å². The molecule has 0 unspecified atom stereocenters. The van der Waals surface area contributed by atoms with E-state index in [1.807, 2.05) is 31.2 Å². The number of aryl methyl sites for hydroxylation is 1. The molecular weight excluding hydrogens is 292 g/mol. The summed E-state index contributed by atoms with van der Waals surface area (Å²) in [4.78, 5) is 36.9. The lowest BCUT2D eigenvalue weighted by Crippen LogP contribution is -2.46. The molecule has 5 nitrogen and oxygen atoms in total. The molecule has 124 valence electrons. The van der Waals surface area contributed by atoms with Crippen molar-refractivity contribution in [2.45, 2.75) is 45.6 Å². The number of benzene rings is 1. The Labute approximate surface area is 137 Å². The van der Waals surface area contributed by atoms with Crippen LogP contribution in [0, 0.1) is 6.92 Å². The second-order valence-electron chi connectivity index (χ2n) is 6.20. The Bertz CT molecular complexity index is 572. The van der Waals surface area contributed by atoms with Crippen LogP contribution in [0.3, 0.4) is 0 Å². The van der Waals surface area contributed by atoms with E-state index in [1.165, 1.54) is 6.92 Å². The van der Waals surface area contributed by atoms with E-state index in [9.17, 15) is 14.4 Å². The van der Waals surface area contributed by atoms with Crippen LogP contribution in [0.15, 0.2) is 24.3 Å². The van der Waals surface area contributed by atoms with Gasteiger partial charge in [0.1, 0.15) is 5.78 Å². The van der Waals surface area contributed by atoms with Crippen LogP contribution in [0.5, 0.6) is 0 Å². The number of likely N-dealkylation sites (tertiary alicyclic amines) is 1. The highest BCUT2D eigenvalue weighted by Crippen LogP contribution is 2.13. The minimum Gasteiger partial charge on any atom is -0.349 e. The number of Topliss-reactive ketones (excluding diaryl/α,β-unsaturated/α-hetero) is 1. The lowest BCUT2D eigenvalue weighted by Gasteiger charge is -2.32. The van der Waals surface area contributed by atoms with Crippen molar-refractivity contribution in [1.29, 1.82) is 0 Å². The first-order chi connectivity index (χ1) is 11.0. The third-order valence-corrected chi connectivity index (χ3v) is 4.19. The molecule has 0 atom stereocenters. The number of carbonyl (C=O) groups is 3. The van der Waals surface area contributed by atoms with E-state index in [4.69, 9.17) is 0 Å². The maximum Gasteiger partial charge on any atom is 0.251 e. The predicted molar refractivity (Wildman–Crippen MR) is 88.2 cm³/mol. The van der Waals surface area contributed by atoms with E-state index in [1.54, 1.807) is 4.90 Å². The Morgan fingerprint density at radius 2 is 1.70 bits per heavy atom. The van der Waals surface area contributed by atoms with E-state index in [2.05, 4.69) is 5.32 Å². The smallest absolute Gasteiger partial charge is 0.251 e. The fourth-order valence-electron chi connectivity index (χ4n) is 2.69. The summed E-state index contributed by atoms with van der Waals surface area (Å²) in [5.41, 5.74) is 1.79. The van der Waals surface area contributed by atoms with Crippen LogP contribution in [-0.4, -0.2) is 41.6 Å². The summed E-state index contributed by atoms with van der Waals surface area (Å²) < 4.78 is 0. The Morgan fingerprint density at radius 1 is 1.09 bits per heavy atom. The van der Waals surface area contributed by atoms with Crippen LogP contribution >= 0.6 is 0 Å².